The molecular weight excluding hydrogens is 432 g/mol. The molecule has 0 spiro atoms. The van der Waals surface area contributed by atoms with Crippen LogP contribution in [0.5, 0.6) is 11.5 Å². The van der Waals surface area contributed by atoms with Gasteiger partial charge in [-0.3, -0.25) is 4.79 Å². The first-order valence-corrected chi connectivity index (χ1v) is 10.2. The lowest BCUT2D eigenvalue weighted by Gasteiger charge is -2.26. The number of carbonyl (C=O) groups is 2. The molecule has 1 heterocycles. The second-order valence-electron chi connectivity index (χ2n) is 6.79. The van der Waals surface area contributed by atoms with Crippen molar-refractivity contribution < 1.29 is 23.8 Å². The van der Waals surface area contributed by atoms with Crippen molar-refractivity contribution in [3.05, 3.63) is 70.3 Å². The molecule has 1 aliphatic heterocycles. The van der Waals surface area contributed by atoms with Gasteiger partial charge in [0.25, 0.3) is 5.91 Å². The average Bonchev–Trinajstić information content (AvgIpc) is 2.82. The summed E-state index contributed by atoms with van der Waals surface area (Å²) in [5.41, 5.74) is 1.33. The van der Waals surface area contributed by atoms with Crippen molar-refractivity contribution in [1.29, 1.82) is 5.26 Å². The summed E-state index contributed by atoms with van der Waals surface area (Å²) in [5, 5.41) is 10.0. The largest absolute Gasteiger partial charge is 0.493 e. The van der Waals surface area contributed by atoms with Crippen molar-refractivity contribution in [2.75, 3.05) is 33.4 Å². The molecule has 2 aromatic carbocycles. The van der Waals surface area contributed by atoms with Gasteiger partial charge in [0, 0.05) is 24.2 Å². The minimum Gasteiger partial charge on any atom is -0.493 e. The molecule has 1 amide bonds. The van der Waals surface area contributed by atoms with Crippen LogP contribution in [0.3, 0.4) is 0 Å². The summed E-state index contributed by atoms with van der Waals surface area (Å²) >= 11 is 5.93. The summed E-state index contributed by atoms with van der Waals surface area (Å²) in [4.78, 5) is 26.4. The summed E-state index contributed by atoms with van der Waals surface area (Å²) in [6.07, 6.45) is 4.35. The van der Waals surface area contributed by atoms with Gasteiger partial charge in [0.1, 0.15) is 11.6 Å². The maximum atomic E-state index is 12.6. The van der Waals surface area contributed by atoms with Crippen molar-refractivity contribution in [3.8, 4) is 17.6 Å². The van der Waals surface area contributed by atoms with Crippen LogP contribution in [0.1, 0.15) is 11.1 Å². The summed E-state index contributed by atoms with van der Waals surface area (Å²) in [7, 11) is 1.44. The van der Waals surface area contributed by atoms with Crippen molar-refractivity contribution in [3.63, 3.8) is 0 Å². The van der Waals surface area contributed by atoms with Crippen LogP contribution in [0.15, 0.2) is 54.1 Å². The van der Waals surface area contributed by atoms with Crippen LogP contribution in [-0.4, -0.2) is 50.2 Å². The van der Waals surface area contributed by atoms with Crippen LogP contribution in [0.4, 0.5) is 0 Å². The van der Waals surface area contributed by atoms with Gasteiger partial charge in [-0.25, -0.2) is 4.79 Å². The number of hydrogen-bond acceptors (Lipinski definition) is 6. The first-order chi connectivity index (χ1) is 15.5. The van der Waals surface area contributed by atoms with E-state index in [-0.39, 0.29) is 17.2 Å². The number of amides is 1. The fourth-order valence-corrected chi connectivity index (χ4v) is 3.22. The quantitative estimate of drug-likeness (QED) is 0.287. The number of nitrogens with zero attached hydrogens (tertiary/aromatic N) is 2. The predicted molar refractivity (Wildman–Crippen MR) is 120 cm³/mol. The van der Waals surface area contributed by atoms with Crippen LogP contribution in [0.25, 0.3) is 12.2 Å². The summed E-state index contributed by atoms with van der Waals surface area (Å²) < 4.78 is 15.9. The number of carbonyl (C=O) groups excluding carboxylic acids is 2. The lowest BCUT2D eigenvalue weighted by atomic mass is 10.1. The highest BCUT2D eigenvalue weighted by Gasteiger charge is 2.20. The van der Waals surface area contributed by atoms with Crippen LogP contribution in [0, 0.1) is 11.3 Å². The van der Waals surface area contributed by atoms with Gasteiger partial charge in [-0.15, -0.1) is 0 Å². The third-order valence-electron chi connectivity index (χ3n) is 4.62. The van der Waals surface area contributed by atoms with Gasteiger partial charge >= 0.3 is 5.97 Å². The van der Waals surface area contributed by atoms with Crippen molar-refractivity contribution in [2.45, 2.75) is 0 Å². The maximum absolute atomic E-state index is 12.6. The Morgan fingerprint density at radius 3 is 2.59 bits per heavy atom. The number of methoxy groups -OCH3 is 1. The molecule has 8 heteroatoms. The van der Waals surface area contributed by atoms with Gasteiger partial charge in [-0.1, -0.05) is 29.8 Å². The smallest absolute Gasteiger partial charge is 0.336 e. The fraction of sp³-hybridized carbons (Fsp3) is 0.208. The fourth-order valence-electron chi connectivity index (χ4n) is 3.02. The molecule has 0 saturated carbocycles. The number of halogens is 1. The maximum Gasteiger partial charge on any atom is 0.336 e. The lowest BCUT2D eigenvalue weighted by molar-refractivity contribution is -0.130. The van der Waals surface area contributed by atoms with E-state index in [0.29, 0.717) is 42.6 Å². The Bertz CT molecular complexity index is 1100. The molecule has 164 valence electrons. The number of morpholine rings is 1. The highest BCUT2D eigenvalue weighted by Crippen LogP contribution is 2.29. The average molecular weight is 453 g/mol. The molecule has 0 aliphatic carbocycles. The van der Waals surface area contributed by atoms with Gasteiger partial charge < -0.3 is 19.1 Å². The van der Waals surface area contributed by atoms with E-state index >= 15 is 0 Å². The van der Waals surface area contributed by atoms with E-state index in [1.807, 2.05) is 12.1 Å². The van der Waals surface area contributed by atoms with E-state index in [1.165, 1.54) is 19.3 Å². The Morgan fingerprint density at radius 2 is 1.91 bits per heavy atom. The molecule has 0 N–H and O–H groups in total. The molecule has 0 radical (unpaired) electrons. The molecule has 7 nitrogen and oxygen atoms in total. The topological polar surface area (TPSA) is 88.9 Å². The Labute approximate surface area is 191 Å². The Hall–Kier alpha value is -3.60. The van der Waals surface area contributed by atoms with Crippen LogP contribution in [-0.2, 0) is 14.3 Å². The summed E-state index contributed by atoms with van der Waals surface area (Å²) in [5.74, 6) is -0.439. The number of rotatable bonds is 6. The Morgan fingerprint density at radius 1 is 1.12 bits per heavy atom. The SMILES string of the molecule is COc1cc(/C=C(\C#N)C(=O)N2CCOCC2)ccc1OC(=O)/C=C/c1cccc(Cl)c1. The van der Waals surface area contributed by atoms with E-state index in [9.17, 15) is 14.9 Å². The third-order valence-corrected chi connectivity index (χ3v) is 4.85. The first-order valence-electron chi connectivity index (χ1n) is 9.82. The van der Waals surface area contributed by atoms with E-state index in [1.54, 1.807) is 47.4 Å². The van der Waals surface area contributed by atoms with Crippen molar-refractivity contribution in [1.82, 2.24) is 4.90 Å². The molecular formula is C24H21ClN2O5. The lowest BCUT2D eigenvalue weighted by Crippen LogP contribution is -2.41. The molecule has 1 saturated heterocycles. The summed E-state index contributed by atoms with van der Waals surface area (Å²) in [6.45, 7) is 1.78. The number of ether oxygens (including phenoxy) is 3. The molecule has 0 aromatic heterocycles. The molecule has 0 unspecified atom stereocenters. The zero-order valence-corrected chi connectivity index (χ0v) is 18.2. The standard InChI is InChI=1S/C24H21ClN2O5/c1-30-22-15-18(13-19(16-26)24(29)27-9-11-31-12-10-27)5-7-21(22)32-23(28)8-6-17-3-2-4-20(25)14-17/h2-8,13-15H,9-12H2,1H3/b8-6+,19-13+. The number of nitriles is 1. The highest BCUT2D eigenvalue weighted by atomic mass is 35.5. The molecule has 0 atom stereocenters. The molecule has 0 bridgehead atoms. The molecule has 1 fully saturated rings. The molecule has 3 rings (SSSR count). The summed E-state index contributed by atoms with van der Waals surface area (Å²) in [6, 6.07) is 13.8. The van der Waals surface area contributed by atoms with Crippen LogP contribution in [0.2, 0.25) is 5.02 Å². The number of esters is 1. The van der Waals surface area contributed by atoms with Crippen LogP contribution >= 0.6 is 11.6 Å². The second kappa shape index (κ2) is 11.1. The van der Waals surface area contributed by atoms with Gasteiger partial charge in [-0.2, -0.15) is 5.26 Å². The first kappa shape index (κ1) is 23.1. The monoisotopic (exact) mass is 452 g/mol. The predicted octanol–water partition coefficient (Wildman–Crippen LogP) is 3.73. The van der Waals surface area contributed by atoms with E-state index < -0.39 is 5.97 Å². The van der Waals surface area contributed by atoms with Crippen LogP contribution < -0.4 is 9.47 Å². The highest BCUT2D eigenvalue weighted by molar-refractivity contribution is 6.30. The molecule has 2 aromatic rings. The molecule has 32 heavy (non-hydrogen) atoms. The number of hydrogen-bond donors (Lipinski definition) is 0. The number of benzene rings is 2. The zero-order valence-electron chi connectivity index (χ0n) is 17.4. The Balaban J connectivity index is 1.73. The van der Waals surface area contributed by atoms with Crippen molar-refractivity contribution >= 4 is 35.6 Å². The Kier molecular flexibility index (Phi) is 8.03. The minimum atomic E-state index is -0.591. The van der Waals surface area contributed by atoms with Crippen molar-refractivity contribution in [2.24, 2.45) is 0 Å². The third kappa shape index (κ3) is 6.20. The second-order valence-corrected chi connectivity index (χ2v) is 7.23. The zero-order chi connectivity index (χ0) is 22.9. The van der Waals surface area contributed by atoms with E-state index in [2.05, 4.69) is 0 Å². The van der Waals surface area contributed by atoms with Gasteiger partial charge in [0.2, 0.25) is 0 Å². The van der Waals surface area contributed by atoms with Gasteiger partial charge in [0.15, 0.2) is 11.5 Å². The van der Waals surface area contributed by atoms with E-state index in [0.717, 1.165) is 5.56 Å². The molecule has 1 aliphatic rings. The van der Waals surface area contributed by atoms with Gasteiger partial charge in [-0.05, 0) is 47.5 Å². The van der Waals surface area contributed by atoms with E-state index in [4.69, 9.17) is 25.8 Å². The normalized spacial score (nSPS) is 14.2. The minimum absolute atomic E-state index is 0.00292. The van der Waals surface area contributed by atoms with Gasteiger partial charge in [0.05, 0.1) is 20.3 Å².